The molecule has 1 amide bonds. The highest BCUT2D eigenvalue weighted by Crippen LogP contribution is 2.26. The van der Waals surface area contributed by atoms with E-state index in [1.54, 1.807) is 12.1 Å². The Morgan fingerprint density at radius 1 is 0.962 bits per heavy atom. The lowest BCUT2D eigenvalue weighted by Crippen LogP contribution is -2.14. The number of aromatic nitrogens is 2. The van der Waals surface area contributed by atoms with Crippen LogP contribution in [0.4, 0.5) is 26.0 Å². The summed E-state index contributed by atoms with van der Waals surface area (Å²) in [5.41, 5.74) is 0.385. The zero-order valence-electron chi connectivity index (χ0n) is 12.9. The minimum atomic E-state index is -0.774. The summed E-state index contributed by atoms with van der Waals surface area (Å²) in [6.45, 7) is 0. The third-order valence-electron chi connectivity index (χ3n) is 3.25. The highest BCUT2D eigenvalue weighted by molar-refractivity contribution is 6.35. The first kappa shape index (κ1) is 18.0. The maximum atomic E-state index is 13.6. The van der Waals surface area contributed by atoms with Crippen LogP contribution in [0.1, 0.15) is 10.5 Å². The van der Waals surface area contributed by atoms with Gasteiger partial charge in [-0.05, 0) is 30.3 Å². The Morgan fingerprint density at radius 3 is 2.46 bits per heavy atom. The van der Waals surface area contributed by atoms with Gasteiger partial charge < -0.3 is 10.6 Å². The number of carbonyl (C=O) groups excluding carboxylic acids is 1. The molecule has 9 heteroatoms. The molecule has 0 spiro atoms. The first-order valence-corrected chi connectivity index (χ1v) is 7.98. The predicted octanol–water partition coefficient (Wildman–Crippen LogP) is 5.06. The fraction of sp³-hybridized carbons (Fsp3) is 0. The van der Waals surface area contributed by atoms with Crippen LogP contribution in [0.25, 0.3) is 0 Å². The molecule has 0 saturated heterocycles. The van der Waals surface area contributed by atoms with Crippen molar-refractivity contribution in [3.8, 4) is 0 Å². The van der Waals surface area contributed by atoms with E-state index >= 15 is 0 Å². The van der Waals surface area contributed by atoms with E-state index in [-0.39, 0.29) is 17.2 Å². The number of nitrogens with zero attached hydrogens (tertiary/aromatic N) is 2. The number of hydrogen-bond donors (Lipinski definition) is 2. The molecule has 0 atom stereocenters. The SMILES string of the molecule is O=C(Nc1cc(Cl)ccc1Cl)c1cnc(Nc2ccc(F)cc2F)cn1. The van der Waals surface area contributed by atoms with Crippen LogP contribution in [-0.2, 0) is 0 Å². The molecule has 5 nitrogen and oxygen atoms in total. The van der Waals surface area contributed by atoms with Crippen LogP contribution < -0.4 is 10.6 Å². The van der Waals surface area contributed by atoms with Gasteiger partial charge in [-0.3, -0.25) is 4.79 Å². The molecule has 0 radical (unpaired) electrons. The van der Waals surface area contributed by atoms with Crippen molar-refractivity contribution in [2.24, 2.45) is 0 Å². The first-order chi connectivity index (χ1) is 12.4. The van der Waals surface area contributed by atoms with E-state index in [0.717, 1.165) is 12.1 Å². The minimum Gasteiger partial charge on any atom is -0.337 e. The molecule has 2 aromatic carbocycles. The molecule has 0 saturated carbocycles. The fourth-order valence-electron chi connectivity index (χ4n) is 2.02. The summed E-state index contributed by atoms with van der Waals surface area (Å²) in [7, 11) is 0. The summed E-state index contributed by atoms with van der Waals surface area (Å²) in [6, 6.07) is 7.72. The van der Waals surface area contributed by atoms with Gasteiger partial charge in [0.25, 0.3) is 5.91 Å². The Hall–Kier alpha value is -2.77. The molecule has 3 rings (SSSR count). The molecule has 0 fully saturated rings. The zero-order valence-corrected chi connectivity index (χ0v) is 14.4. The molecule has 2 N–H and O–H groups in total. The monoisotopic (exact) mass is 394 g/mol. The van der Waals surface area contributed by atoms with Gasteiger partial charge in [0.1, 0.15) is 23.1 Å². The average molecular weight is 395 g/mol. The van der Waals surface area contributed by atoms with Crippen LogP contribution in [0.5, 0.6) is 0 Å². The summed E-state index contributed by atoms with van der Waals surface area (Å²) in [5.74, 6) is -1.82. The van der Waals surface area contributed by atoms with Crippen LogP contribution in [0.3, 0.4) is 0 Å². The second kappa shape index (κ2) is 7.63. The molecule has 0 aliphatic heterocycles. The van der Waals surface area contributed by atoms with Crippen molar-refractivity contribution in [3.63, 3.8) is 0 Å². The number of hydrogen-bond acceptors (Lipinski definition) is 4. The van der Waals surface area contributed by atoms with Crippen LogP contribution in [-0.4, -0.2) is 15.9 Å². The minimum absolute atomic E-state index is 0.0196. The Morgan fingerprint density at radius 2 is 1.77 bits per heavy atom. The molecule has 0 unspecified atom stereocenters. The van der Waals surface area contributed by atoms with E-state index in [0.29, 0.717) is 15.7 Å². The summed E-state index contributed by atoms with van der Waals surface area (Å²) < 4.78 is 26.5. The molecule has 0 aliphatic carbocycles. The molecular weight excluding hydrogens is 385 g/mol. The topological polar surface area (TPSA) is 66.9 Å². The van der Waals surface area contributed by atoms with Crippen molar-refractivity contribution in [2.45, 2.75) is 0 Å². The van der Waals surface area contributed by atoms with Gasteiger partial charge in [-0.15, -0.1) is 0 Å². The van der Waals surface area contributed by atoms with Gasteiger partial charge in [0.05, 0.1) is 28.8 Å². The third kappa shape index (κ3) is 4.25. The number of benzene rings is 2. The largest absolute Gasteiger partial charge is 0.337 e. The highest BCUT2D eigenvalue weighted by Gasteiger charge is 2.12. The molecule has 132 valence electrons. The Bertz CT molecular complexity index is 967. The summed E-state index contributed by atoms with van der Waals surface area (Å²) in [5, 5.41) is 5.95. The Kier molecular flexibility index (Phi) is 5.29. The molecule has 0 bridgehead atoms. The van der Waals surface area contributed by atoms with Crippen molar-refractivity contribution in [1.29, 1.82) is 0 Å². The predicted molar refractivity (Wildman–Crippen MR) is 96.1 cm³/mol. The van der Waals surface area contributed by atoms with E-state index in [2.05, 4.69) is 20.6 Å². The second-order valence-electron chi connectivity index (χ2n) is 5.11. The van der Waals surface area contributed by atoms with E-state index in [4.69, 9.17) is 23.2 Å². The maximum Gasteiger partial charge on any atom is 0.275 e. The molecule has 1 aromatic heterocycles. The molecular formula is C17H10Cl2F2N4O. The zero-order chi connectivity index (χ0) is 18.7. The number of carbonyl (C=O) groups is 1. The standard InChI is InChI=1S/C17H10Cl2F2N4O/c18-9-1-3-11(19)14(5-9)25-17(26)15-7-23-16(8-22-15)24-13-4-2-10(20)6-12(13)21/h1-8H,(H,23,24)(H,25,26). The number of anilines is 3. The van der Waals surface area contributed by atoms with E-state index in [1.807, 2.05) is 0 Å². The quantitative estimate of drug-likeness (QED) is 0.648. The van der Waals surface area contributed by atoms with Crippen LogP contribution >= 0.6 is 23.2 Å². The number of nitrogens with one attached hydrogen (secondary N) is 2. The average Bonchev–Trinajstić information content (AvgIpc) is 2.61. The number of halogens is 4. The Labute approximate surface area is 157 Å². The van der Waals surface area contributed by atoms with Gasteiger partial charge >= 0.3 is 0 Å². The highest BCUT2D eigenvalue weighted by atomic mass is 35.5. The number of amides is 1. The first-order valence-electron chi connectivity index (χ1n) is 7.23. The lowest BCUT2D eigenvalue weighted by molar-refractivity contribution is 0.102. The lowest BCUT2D eigenvalue weighted by atomic mass is 10.3. The smallest absolute Gasteiger partial charge is 0.275 e. The van der Waals surface area contributed by atoms with Gasteiger partial charge in [0.15, 0.2) is 0 Å². The fourth-order valence-corrected chi connectivity index (χ4v) is 2.36. The van der Waals surface area contributed by atoms with Gasteiger partial charge in [-0.2, -0.15) is 0 Å². The molecule has 1 heterocycles. The maximum absolute atomic E-state index is 13.6. The van der Waals surface area contributed by atoms with Gasteiger partial charge in [-0.25, -0.2) is 18.7 Å². The molecule has 0 aliphatic rings. The van der Waals surface area contributed by atoms with Gasteiger partial charge in [0.2, 0.25) is 0 Å². The van der Waals surface area contributed by atoms with Crippen LogP contribution in [0, 0.1) is 11.6 Å². The van der Waals surface area contributed by atoms with Crippen molar-refractivity contribution in [3.05, 3.63) is 76.2 Å². The summed E-state index contributed by atoms with van der Waals surface area (Å²) in [4.78, 5) is 20.1. The van der Waals surface area contributed by atoms with Crippen molar-refractivity contribution >= 4 is 46.3 Å². The van der Waals surface area contributed by atoms with Crippen molar-refractivity contribution in [2.75, 3.05) is 10.6 Å². The Balaban J connectivity index is 1.72. The summed E-state index contributed by atoms with van der Waals surface area (Å²) >= 11 is 11.9. The second-order valence-corrected chi connectivity index (χ2v) is 5.96. The van der Waals surface area contributed by atoms with Gasteiger partial charge in [-0.1, -0.05) is 23.2 Å². The van der Waals surface area contributed by atoms with E-state index < -0.39 is 17.5 Å². The van der Waals surface area contributed by atoms with Gasteiger partial charge in [0, 0.05) is 11.1 Å². The third-order valence-corrected chi connectivity index (χ3v) is 3.82. The van der Waals surface area contributed by atoms with E-state index in [1.165, 1.54) is 24.5 Å². The summed E-state index contributed by atoms with van der Waals surface area (Å²) in [6.07, 6.45) is 2.45. The van der Waals surface area contributed by atoms with Crippen molar-refractivity contribution < 1.29 is 13.6 Å². The van der Waals surface area contributed by atoms with Crippen LogP contribution in [0.15, 0.2) is 48.8 Å². The van der Waals surface area contributed by atoms with Crippen LogP contribution in [0.2, 0.25) is 10.0 Å². The normalized spacial score (nSPS) is 10.5. The molecule has 3 aromatic rings. The lowest BCUT2D eigenvalue weighted by Gasteiger charge is -2.09. The van der Waals surface area contributed by atoms with Crippen molar-refractivity contribution in [1.82, 2.24) is 9.97 Å². The van der Waals surface area contributed by atoms with E-state index in [9.17, 15) is 13.6 Å². The number of rotatable bonds is 4. The molecule has 26 heavy (non-hydrogen) atoms.